The van der Waals surface area contributed by atoms with Crippen LogP contribution in [0.4, 0.5) is 10.5 Å². The van der Waals surface area contributed by atoms with Crippen LogP contribution in [0.15, 0.2) is 42.5 Å². The molecule has 4 nitrogen and oxygen atoms in total. The molecule has 2 aromatic carbocycles. The van der Waals surface area contributed by atoms with Crippen molar-refractivity contribution in [3.8, 4) is 5.75 Å². The zero-order valence-corrected chi connectivity index (χ0v) is 14.5. The van der Waals surface area contributed by atoms with E-state index in [1.165, 1.54) is 0 Å². The molecule has 2 N–H and O–H groups in total. The Bertz CT molecular complexity index is 697. The first-order chi connectivity index (χ1) is 10.8. The van der Waals surface area contributed by atoms with Crippen LogP contribution >= 0.6 is 11.6 Å². The van der Waals surface area contributed by atoms with Crippen LogP contribution in [-0.2, 0) is 5.54 Å². The standard InChI is InChI=1S/C18H21ClN2O2/c1-12-5-8-14(19)11-16(12)20-17(22)21-18(2,3)13-6-9-15(23-4)10-7-13/h5-11H,1-4H3,(H2,20,21,22). The predicted molar refractivity (Wildman–Crippen MR) is 94.4 cm³/mol. The molecule has 122 valence electrons. The van der Waals surface area contributed by atoms with Crippen LogP contribution in [0, 0.1) is 6.92 Å². The van der Waals surface area contributed by atoms with E-state index in [1.807, 2.05) is 51.1 Å². The van der Waals surface area contributed by atoms with Gasteiger partial charge in [0.2, 0.25) is 0 Å². The van der Waals surface area contributed by atoms with Crippen LogP contribution in [0.3, 0.4) is 0 Å². The number of rotatable bonds is 4. The Labute approximate surface area is 141 Å². The lowest BCUT2D eigenvalue weighted by Crippen LogP contribution is -2.43. The maximum Gasteiger partial charge on any atom is 0.319 e. The van der Waals surface area contributed by atoms with Crippen LogP contribution in [0.5, 0.6) is 5.75 Å². The van der Waals surface area contributed by atoms with Gasteiger partial charge >= 0.3 is 6.03 Å². The maximum absolute atomic E-state index is 12.3. The zero-order valence-electron chi connectivity index (χ0n) is 13.7. The van der Waals surface area contributed by atoms with Crippen molar-refractivity contribution in [3.05, 3.63) is 58.6 Å². The van der Waals surface area contributed by atoms with Crippen LogP contribution in [0.1, 0.15) is 25.0 Å². The van der Waals surface area contributed by atoms with E-state index in [-0.39, 0.29) is 6.03 Å². The van der Waals surface area contributed by atoms with E-state index in [0.29, 0.717) is 10.7 Å². The molecule has 0 atom stereocenters. The number of aryl methyl sites for hydroxylation is 1. The summed E-state index contributed by atoms with van der Waals surface area (Å²) in [5, 5.41) is 6.40. The first kappa shape index (κ1) is 17.2. The first-order valence-electron chi connectivity index (χ1n) is 7.31. The van der Waals surface area contributed by atoms with Gasteiger partial charge in [-0.2, -0.15) is 0 Å². The molecule has 0 spiro atoms. The second-order valence-electron chi connectivity index (χ2n) is 5.89. The third-order valence-corrected chi connectivity index (χ3v) is 3.92. The number of halogens is 1. The van der Waals surface area contributed by atoms with Crippen molar-refractivity contribution in [2.75, 3.05) is 12.4 Å². The molecule has 0 unspecified atom stereocenters. The van der Waals surface area contributed by atoms with Gasteiger partial charge in [-0.3, -0.25) is 0 Å². The molecule has 5 heteroatoms. The van der Waals surface area contributed by atoms with Gasteiger partial charge in [-0.25, -0.2) is 4.79 Å². The van der Waals surface area contributed by atoms with Crippen LogP contribution in [0.2, 0.25) is 5.02 Å². The second-order valence-corrected chi connectivity index (χ2v) is 6.33. The lowest BCUT2D eigenvalue weighted by molar-refractivity contribution is 0.242. The molecule has 0 heterocycles. The van der Waals surface area contributed by atoms with Gasteiger partial charge in [0.25, 0.3) is 0 Å². The normalized spacial score (nSPS) is 11.0. The zero-order chi connectivity index (χ0) is 17.0. The number of benzene rings is 2. The minimum absolute atomic E-state index is 0.281. The number of hydrogen-bond acceptors (Lipinski definition) is 2. The molecule has 2 rings (SSSR count). The number of hydrogen-bond donors (Lipinski definition) is 2. The highest BCUT2D eigenvalue weighted by Gasteiger charge is 2.23. The summed E-state index contributed by atoms with van der Waals surface area (Å²) in [6.45, 7) is 5.80. The topological polar surface area (TPSA) is 50.4 Å². The van der Waals surface area contributed by atoms with E-state index in [0.717, 1.165) is 16.9 Å². The monoisotopic (exact) mass is 332 g/mol. The number of methoxy groups -OCH3 is 1. The van der Waals surface area contributed by atoms with E-state index >= 15 is 0 Å². The van der Waals surface area contributed by atoms with Gasteiger partial charge in [-0.05, 0) is 56.2 Å². The smallest absolute Gasteiger partial charge is 0.319 e. The Morgan fingerprint density at radius 3 is 2.39 bits per heavy atom. The molecular formula is C18H21ClN2O2. The number of ether oxygens (including phenoxy) is 1. The molecule has 0 aliphatic rings. The van der Waals surface area contributed by atoms with Gasteiger partial charge in [-0.1, -0.05) is 29.8 Å². The van der Waals surface area contributed by atoms with Crippen LogP contribution in [-0.4, -0.2) is 13.1 Å². The Morgan fingerprint density at radius 2 is 1.78 bits per heavy atom. The minimum atomic E-state index is -0.525. The number of anilines is 1. The molecule has 0 radical (unpaired) electrons. The Balaban J connectivity index is 2.09. The van der Waals surface area contributed by atoms with Gasteiger partial charge in [-0.15, -0.1) is 0 Å². The Hall–Kier alpha value is -2.20. The van der Waals surface area contributed by atoms with Crippen molar-refractivity contribution in [2.24, 2.45) is 0 Å². The highest BCUT2D eigenvalue weighted by atomic mass is 35.5. The van der Waals surface area contributed by atoms with Crippen LogP contribution < -0.4 is 15.4 Å². The summed E-state index contributed by atoms with van der Waals surface area (Å²) in [7, 11) is 1.62. The maximum atomic E-state index is 12.3. The van der Waals surface area contributed by atoms with Crippen molar-refractivity contribution >= 4 is 23.3 Å². The number of urea groups is 1. The summed E-state index contributed by atoms with van der Waals surface area (Å²) < 4.78 is 5.15. The largest absolute Gasteiger partial charge is 0.497 e. The van der Waals surface area contributed by atoms with Crippen molar-refractivity contribution in [2.45, 2.75) is 26.3 Å². The van der Waals surface area contributed by atoms with Crippen LogP contribution in [0.25, 0.3) is 0 Å². The Kier molecular flexibility index (Phi) is 5.16. The number of nitrogens with one attached hydrogen (secondary N) is 2. The fraction of sp³-hybridized carbons (Fsp3) is 0.278. The lowest BCUT2D eigenvalue weighted by atomic mass is 9.94. The summed E-state index contributed by atoms with van der Waals surface area (Å²) >= 11 is 5.97. The van der Waals surface area contributed by atoms with Crippen molar-refractivity contribution in [1.29, 1.82) is 0 Å². The van der Waals surface area contributed by atoms with E-state index in [4.69, 9.17) is 16.3 Å². The van der Waals surface area contributed by atoms with Gasteiger partial charge < -0.3 is 15.4 Å². The first-order valence-corrected chi connectivity index (χ1v) is 7.69. The Morgan fingerprint density at radius 1 is 1.13 bits per heavy atom. The van der Waals surface area contributed by atoms with E-state index in [2.05, 4.69) is 10.6 Å². The summed E-state index contributed by atoms with van der Waals surface area (Å²) in [5.41, 5.74) is 2.10. The van der Waals surface area contributed by atoms with E-state index < -0.39 is 5.54 Å². The quantitative estimate of drug-likeness (QED) is 0.851. The summed E-state index contributed by atoms with van der Waals surface area (Å²) in [4.78, 5) is 12.3. The van der Waals surface area contributed by atoms with E-state index in [9.17, 15) is 4.79 Å². The molecule has 2 aromatic rings. The van der Waals surface area contributed by atoms with Crippen molar-refractivity contribution in [1.82, 2.24) is 5.32 Å². The predicted octanol–water partition coefficient (Wildman–Crippen LogP) is 4.71. The fourth-order valence-corrected chi connectivity index (χ4v) is 2.42. The van der Waals surface area contributed by atoms with Gasteiger partial charge in [0.05, 0.1) is 12.6 Å². The highest BCUT2D eigenvalue weighted by molar-refractivity contribution is 6.31. The minimum Gasteiger partial charge on any atom is -0.497 e. The molecule has 0 saturated heterocycles. The molecule has 0 aliphatic heterocycles. The molecule has 0 aliphatic carbocycles. The third kappa shape index (κ3) is 4.39. The number of carbonyl (C=O) groups is 1. The summed E-state index contributed by atoms with van der Waals surface area (Å²) in [6, 6.07) is 12.7. The second kappa shape index (κ2) is 6.92. The number of carbonyl (C=O) groups excluding carboxylic acids is 1. The molecule has 0 saturated carbocycles. The average Bonchev–Trinajstić information content (AvgIpc) is 2.50. The SMILES string of the molecule is COc1ccc(C(C)(C)NC(=O)Nc2cc(Cl)ccc2C)cc1. The molecule has 0 fully saturated rings. The van der Waals surface area contributed by atoms with E-state index in [1.54, 1.807) is 19.2 Å². The summed E-state index contributed by atoms with van der Waals surface area (Å²) in [5.74, 6) is 0.781. The van der Waals surface area contributed by atoms with Crippen molar-refractivity contribution < 1.29 is 9.53 Å². The van der Waals surface area contributed by atoms with Gasteiger partial charge in [0, 0.05) is 10.7 Å². The van der Waals surface area contributed by atoms with Gasteiger partial charge in [0.15, 0.2) is 0 Å². The molecule has 23 heavy (non-hydrogen) atoms. The van der Waals surface area contributed by atoms with Gasteiger partial charge in [0.1, 0.15) is 5.75 Å². The fourth-order valence-electron chi connectivity index (χ4n) is 2.25. The molecule has 0 bridgehead atoms. The molecule has 0 aromatic heterocycles. The molecule has 2 amide bonds. The highest BCUT2D eigenvalue weighted by Crippen LogP contribution is 2.24. The summed E-state index contributed by atoms with van der Waals surface area (Å²) in [6.07, 6.45) is 0. The average molecular weight is 333 g/mol. The molecular weight excluding hydrogens is 312 g/mol. The van der Waals surface area contributed by atoms with Crippen molar-refractivity contribution in [3.63, 3.8) is 0 Å². The number of amides is 2. The lowest BCUT2D eigenvalue weighted by Gasteiger charge is -2.27. The third-order valence-electron chi connectivity index (χ3n) is 3.69.